The van der Waals surface area contributed by atoms with Gasteiger partial charge in [0, 0.05) is 3.57 Å². The number of halogens is 1. The monoisotopic (exact) mass is 325 g/mol. The summed E-state index contributed by atoms with van der Waals surface area (Å²) in [5.74, 6) is -0.262. The summed E-state index contributed by atoms with van der Waals surface area (Å²) in [5.41, 5.74) is 1.01. The minimum atomic E-state index is -0.182. The van der Waals surface area contributed by atoms with E-state index < -0.39 is 0 Å². The van der Waals surface area contributed by atoms with Crippen molar-refractivity contribution in [2.45, 2.75) is 6.42 Å². The molecule has 0 amide bonds. The van der Waals surface area contributed by atoms with Gasteiger partial charge in [0.25, 0.3) is 0 Å². The Bertz CT molecular complexity index is 500. The zero-order valence-electron chi connectivity index (χ0n) is 8.31. The fourth-order valence-electron chi connectivity index (χ4n) is 1.34. The molecule has 0 saturated carbocycles. The molecular formula is C12H8INO2. The van der Waals surface area contributed by atoms with Gasteiger partial charge in [0.2, 0.25) is 5.78 Å². The number of benzene rings is 1. The lowest BCUT2D eigenvalue weighted by atomic mass is 10.0. The average molecular weight is 325 g/mol. The molecule has 0 aliphatic heterocycles. The topological polar surface area (TPSA) is 46.5 Å². The number of carbonyl (C=O) groups excluding carboxylic acids is 2. The van der Waals surface area contributed by atoms with Crippen LogP contribution in [0.5, 0.6) is 0 Å². The van der Waals surface area contributed by atoms with Crippen molar-refractivity contribution in [1.29, 1.82) is 0 Å². The van der Waals surface area contributed by atoms with Crippen molar-refractivity contribution < 1.29 is 9.59 Å². The van der Waals surface area contributed by atoms with E-state index in [1.807, 2.05) is 24.3 Å². The summed E-state index contributed by atoms with van der Waals surface area (Å²) in [5, 5.41) is 0. The van der Waals surface area contributed by atoms with Crippen LogP contribution in [0.1, 0.15) is 6.42 Å². The molecule has 0 saturated heterocycles. The normalized spacial score (nSPS) is 18.2. The Morgan fingerprint density at radius 1 is 1.06 bits per heavy atom. The highest BCUT2D eigenvalue weighted by molar-refractivity contribution is 14.1. The summed E-state index contributed by atoms with van der Waals surface area (Å²) in [7, 11) is 0. The van der Waals surface area contributed by atoms with Crippen LogP contribution in [0, 0.1) is 3.57 Å². The van der Waals surface area contributed by atoms with Crippen LogP contribution < -0.4 is 0 Å². The molecule has 0 aromatic heterocycles. The maximum absolute atomic E-state index is 11.4. The van der Waals surface area contributed by atoms with Crippen molar-refractivity contribution in [3.05, 3.63) is 40.0 Å². The molecule has 0 bridgehead atoms. The first-order chi connectivity index (χ1) is 7.65. The van der Waals surface area contributed by atoms with Crippen LogP contribution >= 0.6 is 22.6 Å². The Labute approximate surface area is 106 Å². The van der Waals surface area contributed by atoms with Crippen LogP contribution in [0.25, 0.3) is 0 Å². The van der Waals surface area contributed by atoms with Gasteiger partial charge in [-0.15, -0.1) is 0 Å². The number of aliphatic imine (C=N–C) groups is 1. The second-order valence-electron chi connectivity index (χ2n) is 3.38. The van der Waals surface area contributed by atoms with Crippen LogP contribution in [0.3, 0.4) is 0 Å². The maximum atomic E-state index is 11.4. The minimum absolute atomic E-state index is 0.0798. The van der Waals surface area contributed by atoms with Crippen LogP contribution in [0.4, 0.5) is 5.69 Å². The lowest BCUT2D eigenvalue weighted by Crippen LogP contribution is -2.19. The number of allylic oxidation sites excluding steroid dienone is 2. The van der Waals surface area contributed by atoms with Gasteiger partial charge in [-0.25, -0.2) is 4.99 Å². The van der Waals surface area contributed by atoms with Gasteiger partial charge in [0.05, 0.1) is 17.8 Å². The Balaban J connectivity index is 2.30. The molecular weight excluding hydrogens is 317 g/mol. The molecule has 1 aliphatic rings. The molecule has 4 heteroatoms. The van der Waals surface area contributed by atoms with Crippen molar-refractivity contribution in [2.75, 3.05) is 0 Å². The predicted molar refractivity (Wildman–Crippen MR) is 70.0 cm³/mol. The van der Waals surface area contributed by atoms with Gasteiger partial charge in [0.15, 0.2) is 5.78 Å². The first-order valence-electron chi connectivity index (χ1n) is 4.73. The van der Waals surface area contributed by atoms with Crippen molar-refractivity contribution >= 4 is 45.6 Å². The number of rotatable bonds is 1. The van der Waals surface area contributed by atoms with E-state index in [4.69, 9.17) is 0 Å². The third kappa shape index (κ3) is 2.63. The summed E-state index contributed by atoms with van der Waals surface area (Å²) in [6.45, 7) is 0. The van der Waals surface area contributed by atoms with Gasteiger partial charge >= 0.3 is 0 Å². The van der Waals surface area contributed by atoms with Crippen molar-refractivity contribution in [1.82, 2.24) is 0 Å². The predicted octanol–water partition coefficient (Wildman–Crippen LogP) is 2.46. The van der Waals surface area contributed by atoms with Gasteiger partial charge in [-0.3, -0.25) is 9.59 Å². The minimum Gasteiger partial charge on any atom is -0.294 e. The molecule has 0 unspecified atom stereocenters. The van der Waals surface area contributed by atoms with E-state index in [0.717, 1.165) is 3.57 Å². The summed E-state index contributed by atoms with van der Waals surface area (Å²) < 4.78 is 1.10. The first-order valence-corrected chi connectivity index (χ1v) is 5.81. The standard InChI is InChI=1S/C12H8INO2/c13-8-1-3-9(4-2-8)14-11-7-10(15)5-6-12(11)16/h1-6H,7H2. The van der Waals surface area contributed by atoms with Crippen molar-refractivity contribution in [3.63, 3.8) is 0 Å². The van der Waals surface area contributed by atoms with Crippen LogP contribution in [-0.2, 0) is 9.59 Å². The summed E-state index contributed by atoms with van der Waals surface area (Å²) in [4.78, 5) is 26.8. The number of hydrogen-bond donors (Lipinski definition) is 0. The van der Waals surface area contributed by atoms with Gasteiger partial charge in [-0.05, 0) is 59.0 Å². The van der Waals surface area contributed by atoms with E-state index in [1.54, 1.807) is 0 Å². The Hall–Kier alpha value is -1.30. The van der Waals surface area contributed by atoms with Gasteiger partial charge < -0.3 is 0 Å². The quantitative estimate of drug-likeness (QED) is 0.745. The highest BCUT2D eigenvalue weighted by Gasteiger charge is 2.17. The zero-order valence-corrected chi connectivity index (χ0v) is 10.5. The maximum Gasteiger partial charge on any atom is 0.200 e. The fourth-order valence-corrected chi connectivity index (χ4v) is 1.70. The summed E-state index contributed by atoms with van der Waals surface area (Å²) in [6, 6.07) is 7.46. The fraction of sp³-hybridized carbons (Fsp3) is 0.0833. The molecule has 2 rings (SSSR count). The van der Waals surface area contributed by atoms with E-state index >= 15 is 0 Å². The lowest BCUT2D eigenvalue weighted by Gasteiger charge is -2.05. The molecule has 80 valence electrons. The first kappa shape index (κ1) is 11.2. The third-order valence-corrected chi connectivity index (χ3v) is 2.86. The van der Waals surface area contributed by atoms with E-state index in [9.17, 15) is 9.59 Å². The van der Waals surface area contributed by atoms with E-state index in [0.29, 0.717) is 11.4 Å². The van der Waals surface area contributed by atoms with E-state index in [2.05, 4.69) is 27.6 Å². The van der Waals surface area contributed by atoms with Gasteiger partial charge in [0.1, 0.15) is 0 Å². The molecule has 1 aliphatic carbocycles. The van der Waals surface area contributed by atoms with Crippen molar-refractivity contribution in [3.8, 4) is 0 Å². The average Bonchev–Trinajstić information content (AvgIpc) is 2.27. The second-order valence-corrected chi connectivity index (χ2v) is 4.62. The molecule has 0 fully saturated rings. The summed E-state index contributed by atoms with van der Waals surface area (Å²) in [6.07, 6.45) is 2.67. The smallest absolute Gasteiger partial charge is 0.200 e. The third-order valence-electron chi connectivity index (χ3n) is 2.14. The van der Waals surface area contributed by atoms with Crippen LogP contribution in [0.2, 0.25) is 0 Å². The number of hydrogen-bond acceptors (Lipinski definition) is 3. The second kappa shape index (κ2) is 4.69. The molecule has 1 aromatic rings. The number of carbonyl (C=O) groups is 2. The molecule has 16 heavy (non-hydrogen) atoms. The van der Waals surface area contributed by atoms with Crippen LogP contribution in [0.15, 0.2) is 41.4 Å². The molecule has 0 atom stereocenters. The summed E-state index contributed by atoms with van der Waals surface area (Å²) >= 11 is 2.19. The molecule has 0 heterocycles. The lowest BCUT2D eigenvalue weighted by molar-refractivity contribution is -0.116. The highest BCUT2D eigenvalue weighted by atomic mass is 127. The largest absolute Gasteiger partial charge is 0.294 e. The highest BCUT2D eigenvalue weighted by Crippen LogP contribution is 2.16. The van der Waals surface area contributed by atoms with Gasteiger partial charge in [-0.2, -0.15) is 0 Å². The SMILES string of the molecule is O=C1C=CC(=O)C(=Nc2ccc(I)cc2)C1. The number of ketones is 2. The van der Waals surface area contributed by atoms with E-state index in [1.165, 1.54) is 12.2 Å². The molecule has 0 spiro atoms. The Morgan fingerprint density at radius 3 is 2.44 bits per heavy atom. The van der Waals surface area contributed by atoms with Crippen LogP contribution in [-0.4, -0.2) is 17.3 Å². The zero-order chi connectivity index (χ0) is 11.5. The molecule has 0 radical (unpaired) electrons. The molecule has 3 nitrogen and oxygen atoms in total. The van der Waals surface area contributed by atoms with Crippen molar-refractivity contribution in [2.24, 2.45) is 4.99 Å². The Morgan fingerprint density at radius 2 is 1.75 bits per heavy atom. The van der Waals surface area contributed by atoms with Gasteiger partial charge in [-0.1, -0.05) is 0 Å². The number of nitrogens with zero attached hydrogens (tertiary/aromatic N) is 1. The molecule has 1 aromatic carbocycles. The van der Waals surface area contributed by atoms with E-state index in [-0.39, 0.29) is 18.0 Å². The Kier molecular flexibility index (Phi) is 3.28. The molecule has 0 N–H and O–H groups in total.